The molecule has 8 heteroatoms. The number of alkyl carbamates (subject to hydrolysis) is 1. The van der Waals surface area contributed by atoms with Gasteiger partial charge in [-0.15, -0.1) is 0 Å². The molecule has 158 valence electrons. The minimum Gasteiger partial charge on any atom is -0.444 e. The van der Waals surface area contributed by atoms with Crippen LogP contribution >= 0.6 is 15.9 Å². The molecule has 0 aromatic heterocycles. The Bertz CT molecular complexity index is 822. The molecule has 29 heavy (non-hydrogen) atoms. The van der Waals surface area contributed by atoms with E-state index in [1.165, 1.54) is 0 Å². The molecule has 1 aliphatic rings. The van der Waals surface area contributed by atoms with Crippen LogP contribution in [0.2, 0.25) is 0 Å². The molecule has 7 nitrogen and oxygen atoms in total. The number of carbonyl (C=O) groups is 2. The zero-order chi connectivity index (χ0) is 21.6. The molecule has 0 radical (unpaired) electrons. The maximum absolute atomic E-state index is 13.1. The first-order chi connectivity index (χ1) is 13.6. The van der Waals surface area contributed by atoms with E-state index in [0.29, 0.717) is 23.6 Å². The molecular weight excluding hydrogens is 438 g/mol. The normalized spacial score (nSPS) is 13.6. The Labute approximate surface area is 180 Å². The van der Waals surface area contributed by atoms with Gasteiger partial charge < -0.3 is 14.7 Å². The molecule has 2 N–H and O–H groups in total. The quantitative estimate of drug-likeness (QED) is 0.686. The average molecular weight is 466 g/mol. The highest BCUT2D eigenvalue weighted by Gasteiger charge is 2.24. The summed E-state index contributed by atoms with van der Waals surface area (Å²) in [5.41, 5.74) is 1.25. The van der Waals surface area contributed by atoms with Crippen LogP contribution in [-0.4, -0.2) is 53.1 Å². The van der Waals surface area contributed by atoms with Gasteiger partial charge in [-0.05, 0) is 45.4 Å². The van der Waals surface area contributed by atoms with E-state index in [1.807, 2.05) is 25.1 Å². The van der Waals surface area contributed by atoms with Crippen LogP contribution in [0.1, 0.15) is 46.1 Å². The second kappa shape index (κ2) is 10.0. The van der Waals surface area contributed by atoms with Gasteiger partial charge in [-0.25, -0.2) is 9.79 Å². The largest absolute Gasteiger partial charge is 0.444 e. The summed E-state index contributed by atoms with van der Waals surface area (Å²) >= 11 is 3.43. The van der Waals surface area contributed by atoms with Gasteiger partial charge in [0.15, 0.2) is 0 Å². The summed E-state index contributed by atoms with van der Waals surface area (Å²) in [6, 6.07) is 5.56. The number of amidine groups is 1. The molecule has 1 aliphatic heterocycles. The van der Waals surface area contributed by atoms with E-state index in [4.69, 9.17) is 4.74 Å². The number of hydrogen-bond acceptors (Lipinski definition) is 5. The molecule has 2 rings (SSSR count). The summed E-state index contributed by atoms with van der Waals surface area (Å²) in [6.45, 7) is 7.99. The first-order valence-corrected chi connectivity index (χ1v) is 10.4. The number of aliphatic imine (C=N–C) groups is 1. The molecule has 0 fully saturated rings. The highest BCUT2D eigenvalue weighted by Crippen LogP contribution is 2.30. The van der Waals surface area contributed by atoms with Crippen molar-refractivity contribution in [2.24, 2.45) is 4.99 Å². The minimum absolute atomic E-state index is 0.111. The van der Waals surface area contributed by atoms with Crippen molar-refractivity contribution in [2.45, 2.75) is 46.1 Å². The molecule has 0 saturated carbocycles. The highest BCUT2D eigenvalue weighted by atomic mass is 79.9. The van der Waals surface area contributed by atoms with Crippen molar-refractivity contribution >= 4 is 45.5 Å². The van der Waals surface area contributed by atoms with Gasteiger partial charge in [0, 0.05) is 35.1 Å². The zero-order valence-electron chi connectivity index (χ0n) is 17.3. The first-order valence-electron chi connectivity index (χ1n) is 9.60. The third kappa shape index (κ3) is 6.97. The first kappa shape index (κ1) is 23.1. The van der Waals surface area contributed by atoms with Crippen LogP contribution in [0.4, 0.5) is 10.5 Å². The predicted octanol–water partition coefficient (Wildman–Crippen LogP) is 4.02. The van der Waals surface area contributed by atoms with Crippen LogP contribution in [0.3, 0.4) is 0 Å². The van der Waals surface area contributed by atoms with Gasteiger partial charge in [0.05, 0.1) is 12.3 Å². The lowest BCUT2D eigenvalue weighted by Crippen LogP contribution is -2.39. The molecule has 0 aliphatic carbocycles. The van der Waals surface area contributed by atoms with Crippen molar-refractivity contribution in [3.05, 3.63) is 33.8 Å². The third-order valence-electron chi connectivity index (χ3n) is 4.01. The second-order valence-electron chi connectivity index (χ2n) is 7.75. The summed E-state index contributed by atoms with van der Waals surface area (Å²) in [7, 11) is 0. The second-order valence-corrected chi connectivity index (χ2v) is 8.67. The lowest BCUT2D eigenvalue weighted by atomic mass is 10.1. The number of nitrogens with one attached hydrogen (secondary N) is 1. The van der Waals surface area contributed by atoms with Crippen LogP contribution in [0.5, 0.6) is 0 Å². The van der Waals surface area contributed by atoms with Crippen LogP contribution in [0, 0.1) is 0 Å². The van der Waals surface area contributed by atoms with Gasteiger partial charge in [-0.3, -0.25) is 10.1 Å². The Hall–Kier alpha value is -2.19. The van der Waals surface area contributed by atoms with E-state index in [2.05, 4.69) is 26.2 Å². The highest BCUT2D eigenvalue weighted by molar-refractivity contribution is 9.10. The molecule has 0 unspecified atom stereocenters. The van der Waals surface area contributed by atoms with E-state index in [0.717, 1.165) is 16.5 Å². The van der Waals surface area contributed by atoms with Gasteiger partial charge in [0.1, 0.15) is 11.4 Å². The minimum atomic E-state index is -0.649. The summed E-state index contributed by atoms with van der Waals surface area (Å²) < 4.78 is 6.17. The molecule has 0 spiro atoms. The lowest BCUT2D eigenvalue weighted by molar-refractivity contribution is -0.127. The van der Waals surface area contributed by atoms with E-state index < -0.39 is 11.7 Å². The van der Waals surface area contributed by atoms with Crippen molar-refractivity contribution in [3.8, 4) is 0 Å². The Morgan fingerprint density at radius 2 is 2.03 bits per heavy atom. The number of amides is 2. The van der Waals surface area contributed by atoms with Crippen molar-refractivity contribution in [1.82, 2.24) is 10.2 Å². The average Bonchev–Trinajstić information content (AvgIpc) is 2.77. The third-order valence-corrected chi connectivity index (χ3v) is 4.50. The van der Waals surface area contributed by atoms with Crippen LogP contribution in [-0.2, 0) is 9.53 Å². The molecule has 0 bridgehead atoms. The lowest BCUT2D eigenvalue weighted by Gasteiger charge is -2.23. The van der Waals surface area contributed by atoms with Gasteiger partial charge in [0.25, 0.3) is 0 Å². The molecule has 1 aromatic carbocycles. The fraction of sp³-hybridized carbons (Fsp3) is 0.476. The van der Waals surface area contributed by atoms with Gasteiger partial charge in [-0.2, -0.15) is 0 Å². The van der Waals surface area contributed by atoms with Gasteiger partial charge >= 0.3 is 6.09 Å². The fourth-order valence-corrected chi connectivity index (χ4v) is 3.23. The fourth-order valence-electron chi connectivity index (χ4n) is 2.88. The number of ether oxygens (including phenoxy) is 1. The smallest absolute Gasteiger partial charge is 0.413 e. The van der Waals surface area contributed by atoms with Crippen LogP contribution < -0.4 is 5.32 Å². The van der Waals surface area contributed by atoms with E-state index in [1.54, 1.807) is 31.7 Å². The van der Waals surface area contributed by atoms with Crippen molar-refractivity contribution in [1.29, 1.82) is 0 Å². The maximum atomic E-state index is 13.1. The number of aliphatic hydroxyl groups excluding tert-OH is 1. The number of carbonyl (C=O) groups excluding carboxylic acids is 2. The predicted molar refractivity (Wildman–Crippen MR) is 117 cm³/mol. The van der Waals surface area contributed by atoms with Crippen molar-refractivity contribution in [3.63, 3.8) is 0 Å². The van der Waals surface area contributed by atoms with E-state index in [9.17, 15) is 14.7 Å². The topological polar surface area (TPSA) is 91.2 Å². The van der Waals surface area contributed by atoms with Crippen molar-refractivity contribution < 1.29 is 19.4 Å². The Morgan fingerprint density at radius 1 is 1.31 bits per heavy atom. The SMILES string of the molecule is CCCN(CCO)C(=O)C1=Cc2ccc(Br)cc2N=C(NC(=O)OC(C)(C)C)C1. The number of halogens is 1. The van der Waals surface area contributed by atoms with Crippen molar-refractivity contribution in [2.75, 3.05) is 19.7 Å². The molecular formula is C21H28BrN3O4. The van der Waals surface area contributed by atoms with Gasteiger partial charge in [0.2, 0.25) is 5.91 Å². The molecule has 1 heterocycles. The van der Waals surface area contributed by atoms with E-state index >= 15 is 0 Å². The summed E-state index contributed by atoms with van der Waals surface area (Å²) in [5.74, 6) is 0.145. The monoisotopic (exact) mass is 465 g/mol. The van der Waals surface area contributed by atoms with E-state index in [-0.39, 0.29) is 25.5 Å². The molecule has 0 saturated heterocycles. The number of fused-ring (bicyclic) bond motifs is 1. The summed E-state index contributed by atoms with van der Waals surface area (Å²) in [6.07, 6.45) is 2.09. The number of nitrogens with zero attached hydrogens (tertiary/aromatic N) is 2. The van der Waals surface area contributed by atoms with Crippen LogP contribution in [0.25, 0.3) is 6.08 Å². The number of benzene rings is 1. The summed E-state index contributed by atoms with van der Waals surface area (Å²) in [4.78, 5) is 31.5. The Morgan fingerprint density at radius 3 is 2.66 bits per heavy atom. The maximum Gasteiger partial charge on any atom is 0.413 e. The zero-order valence-corrected chi connectivity index (χ0v) is 18.9. The Balaban J connectivity index is 2.38. The number of rotatable bonds is 5. The molecule has 2 amide bonds. The summed E-state index contributed by atoms with van der Waals surface area (Å²) in [5, 5.41) is 12.0. The standard InChI is InChI=1S/C21H28BrN3O4/c1-5-8-25(9-10-26)19(27)15-11-14-6-7-16(22)13-17(14)23-18(12-15)24-20(28)29-21(2,3)4/h6-7,11,13,26H,5,8-10,12H2,1-4H3,(H,23,24,28). The van der Waals surface area contributed by atoms with Gasteiger partial charge in [-0.1, -0.05) is 28.9 Å². The van der Waals surface area contributed by atoms with Crippen LogP contribution in [0.15, 0.2) is 33.2 Å². The Kier molecular flexibility index (Phi) is 7.98. The number of hydrogen-bond donors (Lipinski definition) is 2. The molecule has 1 aromatic rings. The number of aliphatic hydroxyl groups is 1. The molecule has 0 atom stereocenters.